The molecule has 0 saturated heterocycles. The van der Waals surface area contributed by atoms with Crippen LogP contribution in [0.4, 0.5) is 11.4 Å². The Morgan fingerprint density at radius 3 is 2.56 bits per heavy atom. The van der Waals surface area contributed by atoms with Gasteiger partial charge in [0.25, 0.3) is 11.6 Å². The number of hydrogen-bond donors (Lipinski definition) is 1. The lowest BCUT2D eigenvalue weighted by molar-refractivity contribution is -0.384. The standard InChI is InChI=1S/C25H21N3O5S/c1-16-11-12-18(20(15-16)28(31)32)27-25(30)24(17-7-3-2-4-8-17)33-23(29)14-13-22-26-19-9-5-6-10-21(19)34-22/h2-12,15,24H,13-14H2,1H3,(H,27,30)/t24-/m0/s1. The number of hydrogen-bond acceptors (Lipinski definition) is 7. The second-order valence-corrected chi connectivity index (χ2v) is 8.74. The van der Waals surface area contributed by atoms with Crippen molar-refractivity contribution in [1.29, 1.82) is 0 Å². The number of aromatic nitrogens is 1. The lowest BCUT2D eigenvalue weighted by Crippen LogP contribution is -2.26. The van der Waals surface area contributed by atoms with Gasteiger partial charge in [-0.25, -0.2) is 4.98 Å². The first-order chi connectivity index (χ1) is 16.4. The summed E-state index contributed by atoms with van der Waals surface area (Å²) in [6, 6.07) is 20.7. The van der Waals surface area contributed by atoms with E-state index in [1.165, 1.54) is 23.5 Å². The van der Waals surface area contributed by atoms with Crippen molar-refractivity contribution in [1.82, 2.24) is 4.98 Å². The Bertz CT molecular complexity index is 1320. The zero-order valence-electron chi connectivity index (χ0n) is 18.3. The number of fused-ring (bicyclic) bond motifs is 1. The molecule has 1 N–H and O–H groups in total. The lowest BCUT2D eigenvalue weighted by atomic mass is 10.1. The van der Waals surface area contributed by atoms with E-state index in [0.29, 0.717) is 17.5 Å². The molecule has 0 aliphatic rings. The van der Waals surface area contributed by atoms with Crippen LogP contribution >= 0.6 is 11.3 Å². The first-order valence-corrected chi connectivity index (χ1v) is 11.4. The molecule has 0 fully saturated rings. The van der Waals surface area contributed by atoms with Crippen molar-refractivity contribution in [2.45, 2.75) is 25.9 Å². The second-order valence-electron chi connectivity index (χ2n) is 7.62. The van der Waals surface area contributed by atoms with E-state index in [-0.39, 0.29) is 17.8 Å². The fourth-order valence-electron chi connectivity index (χ4n) is 3.42. The molecule has 0 radical (unpaired) electrons. The number of anilines is 1. The van der Waals surface area contributed by atoms with Crippen molar-refractivity contribution >= 4 is 44.8 Å². The second kappa shape index (κ2) is 10.2. The molecule has 1 amide bonds. The molecule has 3 aromatic carbocycles. The summed E-state index contributed by atoms with van der Waals surface area (Å²) in [6.45, 7) is 1.72. The monoisotopic (exact) mass is 475 g/mol. The molecule has 8 nitrogen and oxygen atoms in total. The van der Waals surface area contributed by atoms with Crippen molar-refractivity contribution < 1.29 is 19.2 Å². The quantitative estimate of drug-likeness (QED) is 0.208. The van der Waals surface area contributed by atoms with E-state index in [4.69, 9.17) is 4.74 Å². The molecule has 0 bridgehead atoms. The maximum absolute atomic E-state index is 13.1. The van der Waals surface area contributed by atoms with E-state index < -0.39 is 22.9 Å². The summed E-state index contributed by atoms with van der Waals surface area (Å²) in [5.74, 6) is -1.24. The fourth-order valence-corrected chi connectivity index (χ4v) is 4.39. The number of thiazole rings is 1. The van der Waals surface area contributed by atoms with Crippen LogP contribution in [0.1, 0.15) is 28.7 Å². The van der Waals surface area contributed by atoms with Gasteiger partial charge < -0.3 is 10.1 Å². The molecular formula is C25H21N3O5S. The summed E-state index contributed by atoms with van der Waals surface area (Å²) < 4.78 is 6.58. The molecule has 0 spiro atoms. The van der Waals surface area contributed by atoms with Crippen molar-refractivity contribution in [3.8, 4) is 0 Å². The molecule has 0 saturated carbocycles. The van der Waals surface area contributed by atoms with Gasteiger partial charge >= 0.3 is 5.97 Å². The molecule has 1 heterocycles. The minimum absolute atomic E-state index is 0.0343. The largest absolute Gasteiger partial charge is 0.447 e. The Labute approximate surface area is 199 Å². The van der Waals surface area contributed by atoms with Gasteiger partial charge in [0.2, 0.25) is 6.10 Å². The van der Waals surface area contributed by atoms with Gasteiger partial charge in [-0.05, 0) is 30.7 Å². The number of nitro groups is 1. The molecule has 1 aromatic heterocycles. The highest BCUT2D eigenvalue weighted by Gasteiger charge is 2.27. The molecular weight excluding hydrogens is 454 g/mol. The van der Waals surface area contributed by atoms with Gasteiger partial charge in [-0.15, -0.1) is 11.3 Å². The average molecular weight is 476 g/mol. The number of nitrogens with zero attached hydrogens (tertiary/aromatic N) is 2. The van der Waals surface area contributed by atoms with Gasteiger partial charge in [-0.3, -0.25) is 19.7 Å². The van der Waals surface area contributed by atoms with E-state index >= 15 is 0 Å². The molecule has 0 unspecified atom stereocenters. The molecule has 0 aliphatic heterocycles. The summed E-state index contributed by atoms with van der Waals surface area (Å²) in [4.78, 5) is 41.1. The molecule has 4 aromatic rings. The molecule has 0 aliphatic carbocycles. The minimum Gasteiger partial charge on any atom is -0.447 e. The van der Waals surface area contributed by atoms with Crippen molar-refractivity contribution in [3.63, 3.8) is 0 Å². The fraction of sp³-hybridized carbons (Fsp3) is 0.160. The third-order valence-electron chi connectivity index (χ3n) is 5.08. The predicted molar refractivity (Wildman–Crippen MR) is 130 cm³/mol. The van der Waals surface area contributed by atoms with E-state index in [1.807, 2.05) is 24.3 Å². The summed E-state index contributed by atoms with van der Waals surface area (Å²) in [5, 5.41) is 14.8. The van der Waals surface area contributed by atoms with E-state index in [2.05, 4.69) is 10.3 Å². The number of carbonyl (C=O) groups is 2. The third kappa shape index (κ3) is 5.44. The highest BCUT2D eigenvalue weighted by atomic mass is 32.1. The van der Waals surface area contributed by atoms with Gasteiger partial charge in [-0.2, -0.15) is 0 Å². The number of carbonyl (C=O) groups excluding carboxylic acids is 2. The number of rotatable bonds is 8. The van der Waals surface area contributed by atoms with Crippen LogP contribution in [0, 0.1) is 17.0 Å². The molecule has 1 atom stereocenters. The Hall–Kier alpha value is -4.11. The number of esters is 1. The smallest absolute Gasteiger partial charge is 0.307 e. The van der Waals surface area contributed by atoms with Gasteiger partial charge in [0.15, 0.2) is 0 Å². The van der Waals surface area contributed by atoms with Crippen LogP contribution in [0.5, 0.6) is 0 Å². The van der Waals surface area contributed by atoms with Crippen LogP contribution in [-0.4, -0.2) is 21.8 Å². The van der Waals surface area contributed by atoms with E-state index in [0.717, 1.165) is 15.2 Å². The van der Waals surface area contributed by atoms with Crippen LogP contribution in [0.3, 0.4) is 0 Å². The highest BCUT2D eigenvalue weighted by molar-refractivity contribution is 7.18. The number of aryl methyl sites for hydroxylation is 2. The predicted octanol–water partition coefficient (Wildman–Crippen LogP) is 5.37. The van der Waals surface area contributed by atoms with Crippen LogP contribution in [-0.2, 0) is 20.7 Å². The van der Waals surface area contributed by atoms with Crippen LogP contribution in [0.25, 0.3) is 10.2 Å². The number of benzene rings is 3. The Balaban J connectivity index is 1.49. The van der Waals surface area contributed by atoms with E-state index in [9.17, 15) is 19.7 Å². The SMILES string of the molecule is Cc1ccc(NC(=O)[C@@H](OC(=O)CCc2nc3ccccc3s2)c2ccccc2)c([N+](=O)[O-])c1. The maximum Gasteiger partial charge on any atom is 0.307 e. The normalized spacial score (nSPS) is 11.7. The molecule has 34 heavy (non-hydrogen) atoms. The maximum atomic E-state index is 13.1. The summed E-state index contributed by atoms with van der Waals surface area (Å²) >= 11 is 1.51. The van der Waals surface area contributed by atoms with Crippen molar-refractivity contribution in [2.75, 3.05) is 5.32 Å². The summed E-state index contributed by atoms with van der Waals surface area (Å²) in [5.41, 5.74) is 1.82. The number of nitrogens with one attached hydrogen (secondary N) is 1. The third-order valence-corrected chi connectivity index (χ3v) is 6.17. The molecule has 172 valence electrons. The first-order valence-electron chi connectivity index (χ1n) is 10.6. The highest BCUT2D eigenvalue weighted by Crippen LogP contribution is 2.28. The van der Waals surface area contributed by atoms with Crippen LogP contribution in [0.15, 0.2) is 72.8 Å². The number of nitro benzene ring substituents is 1. The Kier molecular flexibility index (Phi) is 6.93. The van der Waals surface area contributed by atoms with Crippen molar-refractivity contribution in [3.05, 3.63) is 99.0 Å². The Morgan fingerprint density at radius 1 is 1.09 bits per heavy atom. The summed E-state index contributed by atoms with van der Waals surface area (Å²) in [6.07, 6.45) is -0.837. The lowest BCUT2D eigenvalue weighted by Gasteiger charge is -2.18. The zero-order valence-corrected chi connectivity index (χ0v) is 19.1. The van der Waals surface area contributed by atoms with Crippen molar-refractivity contribution in [2.24, 2.45) is 0 Å². The van der Waals surface area contributed by atoms with E-state index in [1.54, 1.807) is 43.3 Å². The number of ether oxygens (including phenoxy) is 1. The van der Waals surface area contributed by atoms with Crippen LogP contribution in [0.2, 0.25) is 0 Å². The average Bonchev–Trinajstić information content (AvgIpc) is 3.26. The van der Waals surface area contributed by atoms with Gasteiger partial charge in [0.05, 0.1) is 26.6 Å². The molecule has 4 rings (SSSR count). The van der Waals surface area contributed by atoms with Gasteiger partial charge in [0.1, 0.15) is 5.69 Å². The Morgan fingerprint density at radius 2 is 1.82 bits per heavy atom. The number of amides is 1. The minimum atomic E-state index is -1.26. The number of para-hydroxylation sites is 1. The van der Waals surface area contributed by atoms with Gasteiger partial charge in [0, 0.05) is 18.1 Å². The topological polar surface area (TPSA) is 111 Å². The van der Waals surface area contributed by atoms with Crippen LogP contribution < -0.4 is 5.32 Å². The first kappa shape index (κ1) is 23.1. The van der Waals surface area contributed by atoms with Gasteiger partial charge in [-0.1, -0.05) is 48.5 Å². The zero-order chi connectivity index (χ0) is 24.1. The summed E-state index contributed by atoms with van der Waals surface area (Å²) in [7, 11) is 0. The molecule has 9 heteroatoms.